The molecule has 0 saturated heterocycles. The average Bonchev–Trinajstić information content (AvgIpc) is 2.98. The lowest BCUT2D eigenvalue weighted by Crippen LogP contribution is -1.88. The van der Waals surface area contributed by atoms with E-state index in [1.165, 1.54) is 11.1 Å². The lowest BCUT2D eigenvalue weighted by Gasteiger charge is -2.01. The second kappa shape index (κ2) is 5.80. The third kappa shape index (κ3) is 3.11. The van der Waals surface area contributed by atoms with Gasteiger partial charge in [-0.25, -0.2) is 0 Å². The Morgan fingerprint density at radius 2 is 1.71 bits per heavy atom. The molecule has 0 aliphatic heterocycles. The van der Waals surface area contributed by atoms with Crippen molar-refractivity contribution >= 4 is 11.9 Å². The van der Waals surface area contributed by atoms with Gasteiger partial charge in [-0.2, -0.15) is 0 Å². The minimum absolute atomic E-state index is 0.991. The van der Waals surface area contributed by atoms with E-state index in [1.54, 1.807) is 0 Å². The lowest BCUT2D eigenvalue weighted by atomic mass is 10.1. The Bertz CT molecular complexity index is 767. The molecule has 2 heteroatoms. The summed E-state index contributed by atoms with van der Waals surface area (Å²) < 4.78 is 2.10. The summed E-state index contributed by atoms with van der Waals surface area (Å²) in [6.45, 7) is 4.23. The highest BCUT2D eigenvalue weighted by Crippen LogP contribution is 2.17. The number of aryl methyl sites for hydroxylation is 2. The highest BCUT2D eigenvalue weighted by atomic mass is 14.9. The summed E-state index contributed by atoms with van der Waals surface area (Å²) in [6.07, 6.45) is 6.04. The molecule has 1 aromatic heterocycles. The van der Waals surface area contributed by atoms with Gasteiger partial charge in [0.05, 0.1) is 5.69 Å². The first-order valence-electron chi connectivity index (χ1n) is 7.07. The van der Waals surface area contributed by atoms with Gasteiger partial charge in [0.25, 0.3) is 0 Å². The van der Waals surface area contributed by atoms with Crippen LogP contribution in [0.25, 0.3) is 5.69 Å². The Hall–Kier alpha value is -2.61. The van der Waals surface area contributed by atoms with Crippen molar-refractivity contribution in [1.29, 1.82) is 0 Å². The fourth-order valence-corrected chi connectivity index (χ4v) is 2.21. The first-order chi connectivity index (χ1) is 10.2. The molecule has 0 spiro atoms. The van der Waals surface area contributed by atoms with E-state index < -0.39 is 0 Å². The molecule has 0 aliphatic carbocycles. The Balaban J connectivity index is 1.81. The Kier molecular flexibility index (Phi) is 3.69. The maximum Gasteiger partial charge on any atom is 0.0632 e. The van der Waals surface area contributed by atoms with Crippen molar-refractivity contribution in [1.82, 2.24) is 4.57 Å². The molecule has 0 bridgehead atoms. The highest BCUT2D eigenvalue weighted by molar-refractivity contribution is 5.82. The van der Waals surface area contributed by atoms with Gasteiger partial charge in [0.15, 0.2) is 0 Å². The monoisotopic (exact) mass is 274 g/mol. The van der Waals surface area contributed by atoms with Crippen molar-refractivity contribution in [3.8, 4) is 5.69 Å². The highest BCUT2D eigenvalue weighted by Gasteiger charge is 1.97. The van der Waals surface area contributed by atoms with Gasteiger partial charge in [-0.1, -0.05) is 24.3 Å². The molecule has 0 aliphatic rings. The lowest BCUT2D eigenvalue weighted by molar-refractivity contribution is 1.08. The Morgan fingerprint density at radius 3 is 2.48 bits per heavy atom. The van der Waals surface area contributed by atoms with E-state index in [0.29, 0.717) is 0 Å². The summed E-state index contributed by atoms with van der Waals surface area (Å²) in [5.41, 5.74) is 5.81. The van der Waals surface area contributed by atoms with E-state index in [9.17, 15) is 0 Å². The van der Waals surface area contributed by atoms with Crippen LogP contribution in [0.4, 0.5) is 5.69 Å². The number of hydrogen-bond acceptors (Lipinski definition) is 1. The van der Waals surface area contributed by atoms with Crippen molar-refractivity contribution in [2.45, 2.75) is 13.8 Å². The van der Waals surface area contributed by atoms with Gasteiger partial charge in [-0.15, -0.1) is 0 Å². The minimum atomic E-state index is 0.991. The van der Waals surface area contributed by atoms with E-state index in [-0.39, 0.29) is 0 Å². The molecule has 104 valence electrons. The maximum absolute atomic E-state index is 4.55. The fraction of sp³-hybridized carbons (Fsp3) is 0.105. The van der Waals surface area contributed by atoms with Gasteiger partial charge in [0, 0.05) is 29.9 Å². The molecule has 3 aromatic rings. The van der Waals surface area contributed by atoms with E-state index in [2.05, 4.69) is 66.1 Å². The summed E-state index contributed by atoms with van der Waals surface area (Å²) in [4.78, 5) is 4.55. The van der Waals surface area contributed by atoms with Crippen LogP contribution in [0.2, 0.25) is 0 Å². The molecule has 21 heavy (non-hydrogen) atoms. The Morgan fingerprint density at radius 1 is 0.905 bits per heavy atom. The third-order valence-corrected chi connectivity index (χ3v) is 3.62. The van der Waals surface area contributed by atoms with Crippen molar-refractivity contribution in [3.05, 3.63) is 83.7 Å². The molecular formula is C19H18N2. The second-order valence-corrected chi connectivity index (χ2v) is 5.21. The Labute approximate surface area is 125 Å². The van der Waals surface area contributed by atoms with Crippen molar-refractivity contribution in [2.24, 2.45) is 4.99 Å². The summed E-state index contributed by atoms with van der Waals surface area (Å²) >= 11 is 0. The predicted octanol–water partition coefficient (Wildman–Crippen LogP) is 4.84. The van der Waals surface area contributed by atoms with Crippen molar-refractivity contribution in [3.63, 3.8) is 0 Å². The number of rotatable bonds is 3. The first-order valence-corrected chi connectivity index (χ1v) is 7.07. The summed E-state index contributed by atoms with van der Waals surface area (Å²) in [6, 6.07) is 18.6. The number of aromatic nitrogens is 1. The average molecular weight is 274 g/mol. The van der Waals surface area contributed by atoms with E-state index >= 15 is 0 Å². The molecule has 0 unspecified atom stereocenters. The summed E-state index contributed by atoms with van der Waals surface area (Å²) in [5, 5.41) is 0. The molecule has 0 atom stereocenters. The van der Waals surface area contributed by atoms with Crippen LogP contribution in [0.5, 0.6) is 0 Å². The van der Waals surface area contributed by atoms with Crippen LogP contribution >= 0.6 is 0 Å². The van der Waals surface area contributed by atoms with Crippen molar-refractivity contribution in [2.75, 3.05) is 0 Å². The van der Waals surface area contributed by atoms with Gasteiger partial charge in [-0.3, -0.25) is 4.99 Å². The molecule has 2 nitrogen and oxygen atoms in total. The smallest absolute Gasteiger partial charge is 0.0632 e. The van der Waals surface area contributed by atoms with Gasteiger partial charge in [0.2, 0.25) is 0 Å². The molecule has 0 saturated carbocycles. The van der Waals surface area contributed by atoms with Crippen LogP contribution < -0.4 is 0 Å². The van der Waals surface area contributed by atoms with Crippen LogP contribution in [0.3, 0.4) is 0 Å². The molecular weight excluding hydrogens is 256 g/mol. The summed E-state index contributed by atoms with van der Waals surface area (Å²) in [7, 11) is 0. The zero-order valence-electron chi connectivity index (χ0n) is 12.3. The minimum Gasteiger partial charge on any atom is -0.323 e. The maximum atomic E-state index is 4.55. The standard InChI is InChI=1S/C19H18N2/c1-15-8-9-18(12-16(15)2)20-13-17-10-11-21(14-17)19-6-4-3-5-7-19/h3-14H,1-2H3. The van der Waals surface area contributed by atoms with Gasteiger partial charge >= 0.3 is 0 Å². The van der Waals surface area contributed by atoms with Crippen LogP contribution in [0, 0.1) is 13.8 Å². The third-order valence-electron chi connectivity index (χ3n) is 3.62. The van der Waals surface area contributed by atoms with E-state index in [4.69, 9.17) is 0 Å². The summed E-state index contributed by atoms with van der Waals surface area (Å²) in [5.74, 6) is 0. The normalized spacial score (nSPS) is 11.1. The van der Waals surface area contributed by atoms with Crippen molar-refractivity contribution < 1.29 is 0 Å². The first kappa shape index (κ1) is 13.4. The predicted molar refractivity (Wildman–Crippen MR) is 88.9 cm³/mol. The number of nitrogens with zero attached hydrogens (tertiary/aromatic N) is 2. The SMILES string of the molecule is Cc1ccc(N=Cc2ccn(-c3ccccc3)c2)cc1C. The van der Waals surface area contributed by atoms with Gasteiger partial charge < -0.3 is 4.57 Å². The molecule has 3 rings (SSSR count). The zero-order valence-corrected chi connectivity index (χ0v) is 12.3. The quantitative estimate of drug-likeness (QED) is 0.608. The number of aliphatic imine (C=N–C) groups is 1. The molecule has 0 radical (unpaired) electrons. The van der Waals surface area contributed by atoms with Gasteiger partial charge in [-0.05, 0) is 55.3 Å². The zero-order chi connectivity index (χ0) is 14.7. The molecule has 1 heterocycles. The number of para-hydroxylation sites is 1. The molecule has 0 N–H and O–H groups in total. The van der Waals surface area contributed by atoms with Crippen LogP contribution in [-0.2, 0) is 0 Å². The van der Waals surface area contributed by atoms with E-state index in [1.807, 2.05) is 30.5 Å². The molecule has 2 aromatic carbocycles. The van der Waals surface area contributed by atoms with Crippen LogP contribution in [0.15, 0.2) is 72.0 Å². The number of benzene rings is 2. The van der Waals surface area contributed by atoms with Gasteiger partial charge in [0.1, 0.15) is 0 Å². The molecule has 0 fully saturated rings. The van der Waals surface area contributed by atoms with E-state index in [0.717, 1.165) is 16.9 Å². The second-order valence-electron chi connectivity index (χ2n) is 5.21. The topological polar surface area (TPSA) is 17.3 Å². The van der Waals surface area contributed by atoms with Crippen LogP contribution in [0.1, 0.15) is 16.7 Å². The largest absolute Gasteiger partial charge is 0.323 e. The fourth-order valence-electron chi connectivity index (χ4n) is 2.21. The van der Waals surface area contributed by atoms with Crippen LogP contribution in [-0.4, -0.2) is 10.8 Å². The molecule has 0 amide bonds. The number of hydrogen-bond donors (Lipinski definition) is 0.